The minimum Gasteiger partial charge on any atom is -0.495 e. The molecule has 0 bridgehead atoms. The van der Waals surface area contributed by atoms with E-state index in [2.05, 4.69) is 0 Å². The van der Waals surface area contributed by atoms with Gasteiger partial charge in [0.25, 0.3) is 0 Å². The number of ether oxygens (including phenoxy) is 1. The van der Waals surface area contributed by atoms with Crippen LogP contribution in [0, 0.1) is 18.3 Å². The number of aliphatic hydroxyl groups is 1. The van der Waals surface area contributed by atoms with Crippen LogP contribution < -0.4 is 4.74 Å². The average Bonchev–Trinajstić information content (AvgIpc) is 2.17. The van der Waals surface area contributed by atoms with E-state index in [1.807, 2.05) is 13.0 Å². The third kappa shape index (κ3) is 1.63. The summed E-state index contributed by atoms with van der Waals surface area (Å²) >= 11 is 0. The predicted octanol–water partition coefficient (Wildman–Crippen LogP) is 1.37. The van der Waals surface area contributed by atoms with Gasteiger partial charge >= 0.3 is 0 Å². The van der Waals surface area contributed by atoms with Crippen molar-refractivity contribution in [3.63, 3.8) is 0 Å². The Hall–Kier alpha value is -1.53. The van der Waals surface area contributed by atoms with Crippen molar-refractivity contribution in [2.45, 2.75) is 13.5 Å². The summed E-state index contributed by atoms with van der Waals surface area (Å²) in [4.78, 5) is 0. The van der Waals surface area contributed by atoms with Crippen molar-refractivity contribution in [1.82, 2.24) is 0 Å². The molecule has 13 heavy (non-hydrogen) atoms. The Morgan fingerprint density at radius 1 is 1.54 bits per heavy atom. The molecule has 0 aliphatic rings. The third-order valence-corrected chi connectivity index (χ3v) is 2.01. The number of methoxy groups -OCH3 is 1. The molecule has 1 N–H and O–H groups in total. The molecule has 68 valence electrons. The van der Waals surface area contributed by atoms with Gasteiger partial charge in [0.15, 0.2) is 0 Å². The Bertz CT molecular complexity index is 353. The van der Waals surface area contributed by atoms with Crippen LogP contribution in [0.1, 0.15) is 16.7 Å². The molecule has 0 aromatic heterocycles. The quantitative estimate of drug-likeness (QED) is 0.742. The molecule has 0 fully saturated rings. The summed E-state index contributed by atoms with van der Waals surface area (Å²) in [5.74, 6) is 0.550. The van der Waals surface area contributed by atoms with Gasteiger partial charge in [-0.3, -0.25) is 0 Å². The Morgan fingerprint density at radius 2 is 2.23 bits per heavy atom. The van der Waals surface area contributed by atoms with Crippen molar-refractivity contribution in [3.8, 4) is 11.8 Å². The smallest absolute Gasteiger partial charge is 0.139 e. The lowest BCUT2D eigenvalue weighted by atomic mass is 10.0. The van der Waals surface area contributed by atoms with Crippen molar-refractivity contribution in [2.75, 3.05) is 7.11 Å². The molecule has 0 saturated carbocycles. The molecule has 1 aromatic carbocycles. The van der Waals surface area contributed by atoms with E-state index >= 15 is 0 Å². The van der Waals surface area contributed by atoms with Crippen LogP contribution in [0.15, 0.2) is 12.1 Å². The number of nitriles is 1. The first-order valence-corrected chi connectivity index (χ1v) is 3.92. The van der Waals surface area contributed by atoms with Crippen molar-refractivity contribution in [1.29, 1.82) is 5.26 Å². The predicted molar refractivity (Wildman–Crippen MR) is 48.4 cm³/mol. The fourth-order valence-corrected chi connectivity index (χ4v) is 1.25. The van der Waals surface area contributed by atoms with E-state index in [0.717, 1.165) is 11.1 Å². The standard InChI is InChI=1S/C10H11NO2/c1-7-9(6-12)4-3-8(5-11)10(7)13-2/h3-4,12H,6H2,1-2H3. The molecule has 0 aliphatic heterocycles. The minimum atomic E-state index is -0.0338. The highest BCUT2D eigenvalue weighted by Crippen LogP contribution is 2.25. The van der Waals surface area contributed by atoms with Crippen molar-refractivity contribution < 1.29 is 9.84 Å². The molecule has 0 spiro atoms. The van der Waals surface area contributed by atoms with Gasteiger partial charge in [0, 0.05) is 0 Å². The summed E-state index contributed by atoms with van der Waals surface area (Å²) in [5, 5.41) is 17.7. The van der Waals surface area contributed by atoms with Crippen LogP contribution in [-0.2, 0) is 6.61 Å². The molecule has 0 heterocycles. The summed E-state index contributed by atoms with van der Waals surface area (Å²) in [5.41, 5.74) is 2.11. The molecule has 0 aliphatic carbocycles. The highest BCUT2D eigenvalue weighted by atomic mass is 16.5. The van der Waals surface area contributed by atoms with Gasteiger partial charge in [0.1, 0.15) is 11.8 Å². The lowest BCUT2D eigenvalue weighted by Crippen LogP contribution is -1.96. The first-order chi connectivity index (χ1) is 6.24. The summed E-state index contributed by atoms with van der Waals surface area (Å²) in [6.07, 6.45) is 0. The van der Waals surface area contributed by atoms with Crippen LogP contribution >= 0.6 is 0 Å². The average molecular weight is 177 g/mol. The van der Waals surface area contributed by atoms with Gasteiger partial charge in [-0.05, 0) is 24.1 Å². The first-order valence-electron chi connectivity index (χ1n) is 3.92. The molecular weight excluding hydrogens is 166 g/mol. The number of benzene rings is 1. The first kappa shape index (κ1) is 9.56. The van der Waals surface area contributed by atoms with Crippen LogP contribution in [0.5, 0.6) is 5.75 Å². The van der Waals surface area contributed by atoms with E-state index in [-0.39, 0.29) is 6.61 Å². The Morgan fingerprint density at radius 3 is 2.69 bits per heavy atom. The maximum absolute atomic E-state index is 8.96. The summed E-state index contributed by atoms with van der Waals surface area (Å²) in [6.45, 7) is 1.79. The molecule has 1 aromatic rings. The lowest BCUT2D eigenvalue weighted by Gasteiger charge is -2.09. The highest BCUT2D eigenvalue weighted by molar-refractivity contribution is 5.51. The number of nitrogens with zero attached hydrogens (tertiary/aromatic N) is 1. The van der Waals surface area contributed by atoms with Crippen molar-refractivity contribution in [3.05, 3.63) is 28.8 Å². The normalized spacial score (nSPS) is 9.38. The molecule has 3 nitrogen and oxygen atoms in total. The largest absolute Gasteiger partial charge is 0.495 e. The minimum absolute atomic E-state index is 0.0338. The molecule has 0 amide bonds. The SMILES string of the molecule is COc1c(C#N)ccc(CO)c1C. The maximum Gasteiger partial charge on any atom is 0.139 e. The Kier molecular flexibility index (Phi) is 2.88. The van der Waals surface area contributed by atoms with Gasteiger partial charge in [0.2, 0.25) is 0 Å². The van der Waals surface area contributed by atoms with Crippen LogP contribution in [-0.4, -0.2) is 12.2 Å². The topological polar surface area (TPSA) is 53.2 Å². The van der Waals surface area contributed by atoms with Crippen LogP contribution in [0.25, 0.3) is 0 Å². The van der Waals surface area contributed by atoms with Crippen LogP contribution in [0.3, 0.4) is 0 Å². The summed E-state index contributed by atoms with van der Waals surface area (Å²) in [7, 11) is 1.52. The molecule has 0 radical (unpaired) electrons. The van der Waals surface area contributed by atoms with Gasteiger partial charge in [-0.15, -0.1) is 0 Å². The van der Waals surface area contributed by atoms with E-state index < -0.39 is 0 Å². The number of hydrogen-bond donors (Lipinski definition) is 1. The zero-order valence-electron chi connectivity index (χ0n) is 7.66. The monoisotopic (exact) mass is 177 g/mol. The summed E-state index contributed by atoms with van der Waals surface area (Å²) in [6, 6.07) is 5.41. The van der Waals surface area contributed by atoms with Gasteiger partial charge in [0.05, 0.1) is 19.3 Å². The second-order valence-corrected chi connectivity index (χ2v) is 2.70. The zero-order chi connectivity index (χ0) is 9.84. The van der Waals surface area contributed by atoms with Gasteiger partial charge in [-0.1, -0.05) is 6.07 Å². The Labute approximate surface area is 77.2 Å². The Balaban J connectivity index is 3.34. The fourth-order valence-electron chi connectivity index (χ4n) is 1.25. The number of rotatable bonds is 2. The molecule has 0 unspecified atom stereocenters. The van der Waals surface area contributed by atoms with E-state index in [0.29, 0.717) is 11.3 Å². The van der Waals surface area contributed by atoms with Crippen molar-refractivity contribution >= 4 is 0 Å². The lowest BCUT2D eigenvalue weighted by molar-refractivity contribution is 0.280. The highest BCUT2D eigenvalue weighted by Gasteiger charge is 2.08. The van der Waals surface area contributed by atoms with Crippen LogP contribution in [0.2, 0.25) is 0 Å². The number of hydrogen-bond acceptors (Lipinski definition) is 3. The second kappa shape index (κ2) is 3.92. The van der Waals surface area contributed by atoms with Gasteiger partial charge < -0.3 is 9.84 Å². The third-order valence-electron chi connectivity index (χ3n) is 2.01. The molecule has 1 rings (SSSR count). The van der Waals surface area contributed by atoms with Gasteiger partial charge in [-0.25, -0.2) is 0 Å². The van der Waals surface area contributed by atoms with Gasteiger partial charge in [-0.2, -0.15) is 5.26 Å². The summed E-state index contributed by atoms with van der Waals surface area (Å²) < 4.78 is 5.08. The number of aliphatic hydroxyl groups excluding tert-OH is 1. The van der Waals surface area contributed by atoms with Crippen molar-refractivity contribution in [2.24, 2.45) is 0 Å². The van der Waals surface area contributed by atoms with Crippen LogP contribution in [0.4, 0.5) is 0 Å². The molecular formula is C10H11NO2. The second-order valence-electron chi connectivity index (χ2n) is 2.70. The van der Waals surface area contributed by atoms with E-state index in [4.69, 9.17) is 15.1 Å². The van der Waals surface area contributed by atoms with E-state index in [1.165, 1.54) is 7.11 Å². The molecule has 3 heteroatoms. The van der Waals surface area contributed by atoms with E-state index in [9.17, 15) is 0 Å². The molecule has 0 atom stereocenters. The zero-order valence-corrected chi connectivity index (χ0v) is 7.66. The fraction of sp³-hybridized carbons (Fsp3) is 0.300. The molecule has 0 saturated heterocycles. The van der Waals surface area contributed by atoms with E-state index in [1.54, 1.807) is 12.1 Å². The maximum atomic E-state index is 8.96.